The standard InChI is InChI=1S/C8H7N3/c9-8-4-7-6(5-11-8)2-1-3-10-7/h1-5H,(H2,9,11). The van der Waals surface area contributed by atoms with Gasteiger partial charge in [-0.05, 0) is 12.1 Å². The molecule has 0 aliphatic heterocycles. The summed E-state index contributed by atoms with van der Waals surface area (Å²) in [4.78, 5) is 8.07. The van der Waals surface area contributed by atoms with Gasteiger partial charge in [-0.3, -0.25) is 4.98 Å². The molecule has 0 saturated carbocycles. The van der Waals surface area contributed by atoms with Crippen LogP contribution in [0.15, 0.2) is 30.6 Å². The van der Waals surface area contributed by atoms with Crippen molar-refractivity contribution in [2.24, 2.45) is 0 Å². The van der Waals surface area contributed by atoms with Crippen LogP contribution in [-0.4, -0.2) is 9.97 Å². The van der Waals surface area contributed by atoms with E-state index in [0.717, 1.165) is 10.9 Å². The van der Waals surface area contributed by atoms with Gasteiger partial charge in [0, 0.05) is 23.8 Å². The molecule has 0 amide bonds. The maximum atomic E-state index is 5.47. The molecule has 3 nitrogen and oxygen atoms in total. The summed E-state index contributed by atoms with van der Waals surface area (Å²) in [6, 6.07) is 5.59. The Balaban J connectivity index is 2.83. The summed E-state index contributed by atoms with van der Waals surface area (Å²) in [5.41, 5.74) is 6.36. The van der Waals surface area contributed by atoms with Gasteiger partial charge in [0.15, 0.2) is 0 Å². The van der Waals surface area contributed by atoms with Crippen molar-refractivity contribution >= 4 is 16.7 Å². The van der Waals surface area contributed by atoms with Crippen molar-refractivity contribution in [3.63, 3.8) is 0 Å². The van der Waals surface area contributed by atoms with E-state index in [1.54, 1.807) is 18.5 Å². The van der Waals surface area contributed by atoms with Crippen molar-refractivity contribution in [2.75, 3.05) is 5.73 Å². The Morgan fingerprint density at radius 2 is 2.18 bits per heavy atom. The van der Waals surface area contributed by atoms with Gasteiger partial charge in [-0.15, -0.1) is 0 Å². The van der Waals surface area contributed by atoms with Crippen molar-refractivity contribution in [3.8, 4) is 0 Å². The molecule has 0 radical (unpaired) electrons. The Bertz CT molecular complexity index is 384. The van der Waals surface area contributed by atoms with E-state index in [4.69, 9.17) is 5.73 Å². The topological polar surface area (TPSA) is 51.8 Å². The SMILES string of the molecule is Nc1cc2ncccc2cn1. The number of nitrogens with two attached hydrogens (primary N) is 1. The van der Waals surface area contributed by atoms with Crippen LogP contribution in [0.5, 0.6) is 0 Å². The van der Waals surface area contributed by atoms with Gasteiger partial charge in [0.05, 0.1) is 5.52 Å². The first-order valence-corrected chi connectivity index (χ1v) is 3.32. The lowest BCUT2D eigenvalue weighted by atomic mass is 10.3. The van der Waals surface area contributed by atoms with Crippen LogP contribution in [0, 0.1) is 0 Å². The molecule has 0 unspecified atom stereocenters. The highest BCUT2D eigenvalue weighted by atomic mass is 14.8. The van der Waals surface area contributed by atoms with Crippen LogP contribution in [-0.2, 0) is 0 Å². The summed E-state index contributed by atoms with van der Waals surface area (Å²) in [5, 5.41) is 1.02. The highest BCUT2D eigenvalue weighted by Gasteiger charge is 1.92. The molecule has 0 aliphatic carbocycles. The Labute approximate surface area is 63.9 Å². The fourth-order valence-electron chi connectivity index (χ4n) is 0.981. The third-order valence-electron chi connectivity index (χ3n) is 1.51. The van der Waals surface area contributed by atoms with Crippen LogP contribution >= 0.6 is 0 Å². The van der Waals surface area contributed by atoms with Crippen molar-refractivity contribution < 1.29 is 0 Å². The zero-order chi connectivity index (χ0) is 7.68. The molecular formula is C8H7N3. The Morgan fingerprint density at radius 3 is 3.09 bits per heavy atom. The van der Waals surface area contributed by atoms with Gasteiger partial charge in [0.2, 0.25) is 0 Å². The van der Waals surface area contributed by atoms with E-state index < -0.39 is 0 Å². The van der Waals surface area contributed by atoms with Crippen molar-refractivity contribution in [1.29, 1.82) is 0 Å². The third kappa shape index (κ3) is 1.00. The summed E-state index contributed by atoms with van der Waals surface area (Å²) >= 11 is 0. The normalized spacial score (nSPS) is 10.2. The maximum Gasteiger partial charge on any atom is 0.125 e. The van der Waals surface area contributed by atoms with Crippen LogP contribution in [0.1, 0.15) is 0 Å². The number of aromatic nitrogens is 2. The average Bonchev–Trinajstić information content (AvgIpc) is 2.04. The minimum Gasteiger partial charge on any atom is -0.384 e. The Hall–Kier alpha value is -1.64. The number of fused-ring (bicyclic) bond motifs is 1. The minimum atomic E-state index is 0.510. The van der Waals surface area contributed by atoms with Gasteiger partial charge < -0.3 is 5.73 Å². The first kappa shape index (κ1) is 6.09. The van der Waals surface area contributed by atoms with Gasteiger partial charge in [-0.2, -0.15) is 0 Å². The molecule has 2 aromatic rings. The van der Waals surface area contributed by atoms with Crippen molar-refractivity contribution in [3.05, 3.63) is 30.6 Å². The number of nitrogen functional groups attached to an aromatic ring is 1. The molecule has 2 heterocycles. The molecule has 54 valence electrons. The summed E-state index contributed by atoms with van der Waals surface area (Å²) in [7, 11) is 0. The molecule has 0 saturated heterocycles. The van der Waals surface area contributed by atoms with Crippen LogP contribution in [0.4, 0.5) is 5.82 Å². The van der Waals surface area contributed by atoms with Gasteiger partial charge in [-0.1, -0.05) is 0 Å². The quantitative estimate of drug-likeness (QED) is 0.606. The number of hydrogen-bond donors (Lipinski definition) is 1. The van der Waals surface area contributed by atoms with Gasteiger partial charge in [0.25, 0.3) is 0 Å². The monoisotopic (exact) mass is 145 g/mol. The first-order valence-electron chi connectivity index (χ1n) is 3.32. The van der Waals surface area contributed by atoms with Crippen LogP contribution < -0.4 is 5.73 Å². The smallest absolute Gasteiger partial charge is 0.125 e. The lowest BCUT2D eigenvalue weighted by Crippen LogP contribution is -1.89. The fourth-order valence-corrected chi connectivity index (χ4v) is 0.981. The highest BCUT2D eigenvalue weighted by Crippen LogP contribution is 2.10. The van der Waals surface area contributed by atoms with E-state index in [2.05, 4.69) is 9.97 Å². The van der Waals surface area contributed by atoms with E-state index in [0.29, 0.717) is 5.82 Å². The number of hydrogen-bond acceptors (Lipinski definition) is 3. The largest absolute Gasteiger partial charge is 0.384 e. The molecule has 3 heteroatoms. The lowest BCUT2D eigenvalue weighted by Gasteiger charge is -1.95. The Kier molecular flexibility index (Phi) is 1.22. The minimum absolute atomic E-state index is 0.510. The van der Waals surface area contributed by atoms with Gasteiger partial charge >= 0.3 is 0 Å². The lowest BCUT2D eigenvalue weighted by molar-refractivity contribution is 1.33. The van der Waals surface area contributed by atoms with E-state index in [1.165, 1.54) is 0 Å². The molecule has 2 N–H and O–H groups in total. The summed E-state index contributed by atoms with van der Waals surface area (Å²) in [5.74, 6) is 0.510. The predicted octanol–water partition coefficient (Wildman–Crippen LogP) is 1.21. The highest BCUT2D eigenvalue weighted by molar-refractivity contribution is 5.79. The second kappa shape index (κ2) is 2.20. The third-order valence-corrected chi connectivity index (χ3v) is 1.51. The van der Waals surface area contributed by atoms with Crippen LogP contribution in [0.2, 0.25) is 0 Å². The van der Waals surface area contributed by atoms with E-state index >= 15 is 0 Å². The summed E-state index contributed by atoms with van der Waals surface area (Å²) in [6.07, 6.45) is 3.46. The average molecular weight is 145 g/mol. The van der Waals surface area contributed by atoms with E-state index in [9.17, 15) is 0 Å². The van der Waals surface area contributed by atoms with Crippen LogP contribution in [0.3, 0.4) is 0 Å². The van der Waals surface area contributed by atoms with E-state index in [1.807, 2.05) is 12.1 Å². The molecule has 11 heavy (non-hydrogen) atoms. The zero-order valence-electron chi connectivity index (χ0n) is 5.86. The fraction of sp³-hybridized carbons (Fsp3) is 0. The second-order valence-corrected chi connectivity index (χ2v) is 2.31. The zero-order valence-corrected chi connectivity index (χ0v) is 5.86. The maximum absolute atomic E-state index is 5.47. The molecule has 2 rings (SSSR count). The summed E-state index contributed by atoms with van der Waals surface area (Å²) in [6.45, 7) is 0. The number of anilines is 1. The second-order valence-electron chi connectivity index (χ2n) is 2.31. The van der Waals surface area contributed by atoms with Crippen molar-refractivity contribution in [1.82, 2.24) is 9.97 Å². The molecule has 0 aromatic carbocycles. The first-order chi connectivity index (χ1) is 5.36. The van der Waals surface area contributed by atoms with Crippen molar-refractivity contribution in [2.45, 2.75) is 0 Å². The molecule has 0 fully saturated rings. The van der Waals surface area contributed by atoms with Gasteiger partial charge in [-0.25, -0.2) is 4.98 Å². The number of nitrogens with zero attached hydrogens (tertiary/aromatic N) is 2. The molecule has 0 atom stereocenters. The predicted molar refractivity (Wildman–Crippen MR) is 44.0 cm³/mol. The van der Waals surface area contributed by atoms with E-state index in [-0.39, 0.29) is 0 Å². The number of rotatable bonds is 0. The number of pyridine rings is 2. The van der Waals surface area contributed by atoms with Gasteiger partial charge in [0.1, 0.15) is 5.82 Å². The Morgan fingerprint density at radius 1 is 1.27 bits per heavy atom. The molecule has 2 aromatic heterocycles. The molecule has 0 bridgehead atoms. The molecular weight excluding hydrogens is 138 g/mol. The molecule has 0 spiro atoms. The van der Waals surface area contributed by atoms with Crippen LogP contribution in [0.25, 0.3) is 10.9 Å². The summed E-state index contributed by atoms with van der Waals surface area (Å²) < 4.78 is 0. The molecule has 0 aliphatic rings.